The van der Waals surface area contributed by atoms with E-state index in [4.69, 9.17) is 0 Å². The molecule has 3 N–H and O–H groups in total. The van der Waals surface area contributed by atoms with Crippen molar-refractivity contribution < 1.29 is 9.59 Å². The van der Waals surface area contributed by atoms with E-state index in [1.807, 2.05) is 12.1 Å². The summed E-state index contributed by atoms with van der Waals surface area (Å²) < 4.78 is 0. The monoisotopic (exact) mass is 449 g/mol. The van der Waals surface area contributed by atoms with Gasteiger partial charge >= 0.3 is 0 Å². The topological polar surface area (TPSA) is 70.2 Å². The minimum atomic E-state index is -0.297. The molecule has 0 aliphatic carbocycles. The van der Waals surface area contributed by atoms with Crippen LogP contribution in [0.2, 0.25) is 0 Å². The van der Waals surface area contributed by atoms with Gasteiger partial charge in [-0.1, -0.05) is 67.6 Å². The summed E-state index contributed by atoms with van der Waals surface area (Å²) in [6.45, 7) is 4.89. The van der Waals surface area contributed by atoms with Gasteiger partial charge in [-0.15, -0.1) is 0 Å². The third-order valence-electron chi connectivity index (χ3n) is 6.55. The van der Waals surface area contributed by atoms with Crippen molar-refractivity contribution >= 4 is 11.8 Å². The highest BCUT2D eigenvalue weighted by atomic mass is 16.2. The molecule has 2 aromatic carbocycles. The Morgan fingerprint density at radius 1 is 0.879 bits per heavy atom. The minimum Gasteiger partial charge on any atom is -0.356 e. The maximum atomic E-state index is 12.9. The van der Waals surface area contributed by atoms with E-state index in [-0.39, 0.29) is 23.7 Å². The van der Waals surface area contributed by atoms with Crippen molar-refractivity contribution in [2.45, 2.75) is 45.4 Å². The second-order valence-electron chi connectivity index (χ2n) is 9.31. The molecule has 3 rings (SSSR count). The molecule has 1 unspecified atom stereocenters. The van der Waals surface area contributed by atoms with Crippen LogP contribution in [0.5, 0.6) is 0 Å². The van der Waals surface area contributed by atoms with Gasteiger partial charge in [0.2, 0.25) is 11.8 Å². The van der Waals surface area contributed by atoms with Crippen molar-refractivity contribution in [1.82, 2.24) is 16.0 Å². The third kappa shape index (κ3) is 8.65. The molecule has 2 aromatic rings. The van der Waals surface area contributed by atoms with E-state index < -0.39 is 0 Å². The van der Waals surface area contributed by atoms with E-state index in [2.05, 4.69) is 71.4 Å². The van der Waals surface area contributed by atoms with Crippen LogP contribution in [0.15, 0.2) is 60.7 Å². The summed E-state index contributed by atoms with van der Waals surface area (Å²) in [7, 11) is 0. The lowest BCUT2D eigenvalue weighted by Gasteiger charge is -2.30. The van der Waals surface area contributed by atoms with Crippen molar-refractivity contribution in [2.24, 2.45) is 17.8 Å². The molecular weight excluding hydrogens is 410 g/mol. The van der Waals surface area contributed by atoms with E-state index in [0.29, 0.717) is 32.0 Å². The highest BCUT2D eigenvalue weighted by Gasteiger charge is 2.35. The lowest BCUT2D eigenvalue weighted by Crippen LogP contribution is -2.50. The molecule has 1 aliphatic rings. The number of carbonyl (C=O) groups excluding carboxylic acids is 2. The number of hydrogen-bond acceptors (Lipinski definition) is 3. The zero-order valence-corrected chi connectivity index (χ0v) is 19.9. The molecular formula is C28H39N3O2. The quantitative estimate of drug-likeness (QED) is 0.433. The molecule has 0 aromatic heterocycles. The number of amides is 2. The molecule has 33 heavy (non-hydrogen) atoms. The van der Waals surface area contributed by atoms with Gasteiger partial charge in [0.15, 0.2) is 0 Å². The second-order valence-corrected chi connectivity index (χ2v) is 9.31. The predicted octanol–water partition coefficient (Wildman–Crippen LogP) is 3.74. The zero-order valence-electron chi connectivity index (χ0n) is 19.9. The number of rotatable bonds is 12. The molecule has 1 heterocycles. The van der Waals surface area contributed by atoms with Gasteiger partial charge < -0.3 is 16.0 Å². The Hall–Kier alpha value is -2.66. The number of unbranched alkanes of at least 4 members (excludes halogenated alkanes) is 1. The fraction of sp³-hybridized carbons (Fsp3) is 0.500. The average Bonchev–Trinajstić information content (AvgIpc) is 2.85. The Morgan fingerprint density at radius 2 is 1.52 bits per heavy atom. The normalized spacial score (nSPS) is 18.9. The van der Waals surface area contributed by atoms with Crippen LogP contribution in [-0.2, 0) is 22.4 Å². The smallest absolute Gasteiger partial charge is 0.225 e. The SMILES string of the molecule is CC(CCNC(=O)[C@@H]1CCNC[C@H]1C(=O)NCCCCc1ccccc1)Cc1ccccc1. The molecule has 178 valence electrons. The molecule has 3 atom stereocenters. The zero-order chi connectivity index (χ0) is 23.3. The Kier molecular flexibility index (Phi) is 10.4. The molecule has 1 fully saturated rings. The van der Waals surface area contributed by atoms with Crippen LogP contribution in [0.4, 0.5) is 0 Å². The third-order valence-corrected chi connectivity index (χ3v) is 6.55. The van der Waals surface area contributed by atoms with Crippen LogP contribution in [0, 0.1) is 17.8 Å². The Balaban J connectivity index is 1.36. The fourth-order valence-corrected chi connectivity index (χ4v) is 4.58. The van der Waals surface area contributed by atoms with Crippen molar-refractivity contribution in [3.8, 4) is 0 Å². The van der Waals surface area contributed by atoms with Gasteiger partial charge in [0.05, 0.1) is 11.8 Å². The van der Waals surface area contributed by atoms with E-state index >= 15 is 0 Å². The van der Waals surface area contributed by atoms with Crippen LogP contribution in [-0.4, -0.2) is 38.0 Å². The highest BCUT2D eigenvalue weighted by Crippen LogP contribution is 2.20. The Morgan fingerprint density at radius 3 is 2.24 bits per heavy atom. The highest BCUT2D eigenvalue weighted by molar-refractivity contribution is 5.88. The maximum Gasteiger partial charge on any atom is 0.225 e. The number of hydrogen-bond donors (Lipinski definition) is 3. The average molecular weight is 450 g/mol. The molecule has 2 amide bonds. The molecule has 0 saturated carbocycles. The summed E-state index contributed by atoms with van der Waals surface area (Å²) in [5, 5.41) is 9.45. The first-order chi connectivity index (χ1) is 16.1. The molecule has 5 heteroatoms. The molecule has 0 spiro atoms. The summed E-state index contributed by atoms with van der Waals surface area (Å²) in [4.78, 5) is 25.7. The van der Waals surface area contributed by atoms with Crippen LogP contribution in [0.3, 0.4) is 0 Å². The van der Waals surface area contributed by atoms with E-state index in [1.54, 1.807) is 0 Å². The first-order valence-electron chi connectivity index (χ1n) is 12.5. The molecule has 0 radical (unpaired) electrons. The molecule has 5 nitrogen and oxygen atoms in total. The number of carbonyl (C=O) groups is 2. The van der Waals surface area contributed by atoms with Gasteiger partial charge in [-0.25, -0.2) is 0 Å². The number of piperidine rings is 1. The fourth-order valence-electron chi connectivity index (χ4n) is 4.58. The standard InChI is InChI=1S/C28H39N3O2/c1-22(20-24-13-6-3-7-14-24)15-19-31-27(32)25-16-18-29-21-26(25)28(33)30-17-9-8-12-23-10-4-2-5-11-23/h2-7,10-11,13-14,22,25-26,29H,8-9,12,15-21H2,1H3,(H,30,33)(H,31,32)/t22?,25-,26-/m1/s1. The van der Waals surface area contributed by atoms with Gasteiger partial charge in [0, 0.05) is 19.6 Å². The van der Waals surface area contributed by atoms with Crippen LogP contribution >= 0.6 is 0 Å². The van der Waals surface area contributed by atoms with E-state index in [0.717, 1.165) is 38.6 Å². The lowest BCUT2D eigenvalue weighted by atomic mass is 9.84. The van der Waals surface area contributed by atoms with Gasteiger partial charge in [0.1, 0.15) is 0 Å². The van der Waals surface area contributed by atoms with Gasteiger partial charge in [-0.3, -0.25) is 9.59 Å². The van der Waals surface area contributed by atoms with E-state index in [1.165, 1.54) is 11.1 Å². The van der Waals surface area contributed by atoms with Crippen LogP contribution in [0.25, 0.3) is 0 Å². The summed E-state index contributed by atoms with van der Waals surface area (Å²) in [5.74, 6) is -0.0301. The Labute approximate surface area is 198 Å². The largest absolute Gasteiger partial charge is 0.356 e. The number of nitrogens with one attached hydrogen (secondary N) is 3. The second kappa shape index (κ2) is 13.8. The van der Waals surface area contributed by atoms with Crippen molar-refractivity contribution in [1.29, 1.82) is 0 Å². The first kappa shape index (κ1) is 25.0. The van der Waals surface area contributed by atoms with Gasteiger partial charge in [0.25, 0.3) is 0 Å². The number of benzene rings is 2. The van der Waals surface area contributed by atoms with Crippen molar-refractivity contribution in [3.05, 3.63) is 71.8 Å². The Bertz CT molecular complexity index is 841. The lowest BCUT2D eigenvalue weighted by molar-refractivity contribution is -0.136. The molecule has 1 saturated heterocycles. The first-order valence-corrected chi connectivity index (χ1v) is 12.5. The maximum absolute atomic E-state index is 12.9. The molecule has 0 bridgehead atoms. The number of aryl methyl sites for hydroxylation is 1. The summed E-state index contributed by atoms with van der Waals surface area (Å²) >= 11 is 0. The van der Waals surface area contributed by atoms with Crippen molar-refractivity contribution in [3.63, 3.8) is 0 Å². The summed E-state index contributed by atoms with van der Waals surface area (Å²) in [5.41, 5.74) is 2.66. The summed E-state index contributed by atoms with van der Waals surface area (Å²) in [6.07, 6.45) is 5.66. The predicted molar refractivity (Wildman–Crippen MR) is 134 cm³/mol. The van der Waals surface area contributed by atoms with Crippen LogP contribution < -0.4 is 16.0 Å². The van der Waals surface area contributed by atoms with Crippen LogP contribution in [0.1, 0.15) is 43.7 Å². The van der Waals surface area contributed by atoms with Gasteiger partial charge in [-0.05, 0) is 62.1 Å². The minimum absolute atomic E-state index is 0.000457. The van der Waals surface area contributed by atoms with Gasteiger partial charge in [-0.2, -0.15) is 0 Å². The summed E-state index contributed by atoms with van der Waals surface area (Å²) in [6, 6.07) is 20.9. The van der Waals surface area contributed by atoms with E-state index in [9.17, 15) is 9.59 Å². The molecule has 1 aliphatic heterocycles. The van der Waals surface area contributed by atoms with Crippen molar-refractivity contribution in [2.75, 3.05) is 26.2 Å².